The number of carboxylic acid groups (broad SMARTS) is 1. The summed E-state index contributed by atoms with van der Waals surface area (Å²) in [6.07, 6.45) is 0.212. The third-order valence-corrected chi connectivity index (χ3v) is 2.43. The van der Waals surface area contributed by atoms with Gasteiger partial charge in [-0.25, -0.2) is 9.18 Å². The Morgan fingerprint density at radius 1 is 1.41 bits per heavy atom. The second-order valence-corrected chi connectivity index (χ2v) is 3.60. The van der Waals surface area contributed by atoms with Crippen molar-refractivity contribution in [3.05, 3.63) is 30.1 Å². The van der Waals surface area contributed by atoms with Crippen LogP contribution in [-0.2, 0) is 9.59 Å². The Morgan fingerprint density at radius 2 is 2.00 bits per heavy atom. The Bertz CT molecular complexity index is 434. The van der Waals surface area contributed by atoms with Gasteiger partial charge in [-0.3, -0.25) is 9.69 Å². The number of rotatable bonds is 4. The number of benzene rings is 1. The minimum Gasteiger partial charge on any atom is -0.480 e. The van der Waals surface area contributed by atoms with Crippen LogP contribution in [0.5, 0.6) is 0 Å². The lowest BCUT2D eigenvalue weighted by atomic mass is 10.1. The Kier molecular flexibility index (Phi) is 4.20. The van der Waals surface area contributed by atoms with Gasteiger partial charge in [0, 0.05) is 6.92 Å². The molecule has 1 amide bonds. The highest BCUT2D eigenvalue weighted by atomic mass is 19.1. The van der Waals surface area contributed by atoms with Gasteiger partial charge in [0.05, 0.1) is 5.69 Å². The number of halogens is 1. The molecule has 0 aliphatic heterocycles. The zero-order valence-electron chi connectivity index (χ0n) is 9.68. The van der Waals surface area contributed by atoms with Crippen LogP contribution in [0, 0.1) is 5.82 Å². The number of para-hydroxylation sites is 1. The third kappa shape index (κ3) is 2.81. The molecule has 4 nitrogen and oxygen atoms in total. The van der Waals surface area contributed by atoms with Gasteiger partial charge in [0.15, 0.2) is 0 Å². The number of hydrogen-bond donors (Lipinski definition) is 1. The summed E-state index contributed by atoms with van der Waals surface area (Å²) >= 11 is 0. The molecule has 0 saturated heterocycles. The van der Waals surface area contributed by atoms with Crippen molar-refractivity contribution in [1.82, 2.24) is 0 Å². The molecule has 1 unspecified atom stereocenters. The normalized spacial score (nSPS) is 11.9. The van der Waals surface area contributed by atoms with E-state index in [-0.39, 0.29) is 12.1 Å². The Morgan fingerprint density at radius 3 is 2.41 bits per heavy atom. The SMILES string of the molecule is CCC(C(=O)O)N(C(C)=O)c1ccccc1F. The quantitative estimate of drug-likeness (QED) is 0.874. The summed E-state index contributed by atoms with van der Waals surface area (Å²) in [6.45, 7) is 2.85. The smallest absolute Gasteiger partial charge is 0.326 e. The van der Waals surface area contributed by atoms with Crippen molar-refractivity contribution in [3.8, 4) is 0 Å². The zero-order valence-corrected chi connectivity index (χ0v) is 9.68. The van der Waals surface area contributed by atoms with Gasteiger partial charge in [-0.05, 0) is 18.6 Å². The molecule has 1 atom stereocenters. The number of nitrogens with zero attached hydrogens (tertiary/aromatic N) is 1. The molecule has 1 aromatic carbocycles. The van der Waals surface area contributed by atoms with Gasteiger partial charge in [0.1, 0.15) is 11.9 Å². The number of carbonyl (C=O) groups excluding carboxylic acids is 1. The van der Waals surface area contributed by atoms with Gasteiger partial charge < -0.3 is 5.11 Å². The maximum absolute atomic E-state index is 13.6. The largest absolute Gasteiger partial charge is 0.480 e. The summed E-state index contributed by atoms with van der Waals surface area (Å²) in [7, 11) is 0. The summed E-state index contributed by atoms with van der Waals surface area (Å²) in [6, 6.07) is 4.58. The maximum atomic E-state index is 13.6. The monoisotopic (exact) mass is 239 g/mol. The van der Waals surface area contributed by atoms with Crippen molar-refractivity contribution < 1.29 is 19.1 Å². The van der Waals surface area contributed by atoms with Crippen molar-refractivity contribution in [2.45, 2.75) is 26.3 Å². The average molecular weight is 239 g/mol. The summed E-state index contributed by atoms with van der Waals surface area (Å²) in [5.74, 6) is -2.25. The number of amides is 1. The molecule has 5 heteroatoms. The minimum atomic E-state index is -1.15. The molecule has 0 aromatic heterocycles. The highest BCUT2D eigenvalue weighted by Crippen LogP contribution is 2.22. The van der Waals surface area contributed by atoms with Crippen LogP contribution >= 0.6 is 0 Å². The Hall–Kier alpha value is -1.91. The number of aliphatic carboxylic acids is 1. The van der Waals surface area contributed by atoms with Crippen molar-refractivity contribution in [2.24, 2.45) is 0 Å². The molecule has 0 saturated carbocycles. The molecule has 0 radical (unpaired) electrons. The average Bonchev–Trinajstić information content (AvgIpc) is 2.26. The second kappa shape index (κ2) is 5.43. The van der Waals surface area contributed by atoms with Crippen molar-refractivity contribution in [2.75, 3.05) is 4.90 Å². The molecule has 0 spiro atoms. The van der Waals surface area contributed by atoms with E-state index in [4.69, 9.17) is 5.11 Å². The first-order chi connectivity index (χ1) is 7.99. The molecule has 1 rings (SSSR count). The first-order valence-corrected chi connectivity index (χ1v) is 5.26. The highest BCUT2D eigenvalue weighted by molar-refractivity contribution is 5.97. The molecule has 17 heavy (non-hydrogen) atoms. The second-order valence-electron chi connectivity index (χ2n) is 3.60. The van der Waals surface area contributed by atoms with Crippen LogP contribution in [0.2, 0.25) is 0 Å². The van der Waals surface area contributed by atoms with E-state index in [2.05, 4.69) is 0 Å². The van der Waals surface area contributed by atoms with E-state index >= 15 is 0 Å². The molecule has 92 valence electrons. The van der Waals surface area contributed by atoms with Crippen LogP contribution in [-0.4, -0.2) is 23.0 Å². The number of carbonyl (C=O) groups is 2. The maximum Gasteiger partial charge on any atom is 0.326 e. The highest BCUT2D eigenvalue weighted by Gasteiger charge is 2.28. The van der Waals surface area contributed by atoms with Crippen LogP contribution in [0.15, 0.2) is 24.3 Å². The summed E-state index contributed by atoms with van der Waals surface area (Å²) in [4.78, 5) is 23.5. The molecule has 1 N–H and O–H groups in total. The standard InChI is InChI=1S/C12H14FNO3/c1-3-10(12(16)17)14(8(2)15)11-7-5-4-6-9(11)13/h4-7,10H,3H2,1-2H3,(H,16,17). The van der Waals surface area contributed by atoms with E-state index in [1.54, 1.807) is 13.0 Å². The molecule has 0 aliphatic carbocycles. The van der Waals surface area contributed by atoms with Gasteiger partial charge in [0.25, 0.3) is 0 Å². The predicted molar refractivity (Wildman–Crippen MR) is 61.3 cm³/mol. The van der Waals surface area contributed by atoms with E-state index in [0.717, 1.165) is 4.90 Å². The Balaban J connectivity index is 3.22. The minimum absolute atomic E-state index is 0.00532. The van der Waals surface area contributed by atoms with Gasteiger partial charge in [0.2, 0.25) is 5.91 Å². The topological polar surface area (TPSA) is 57.6 Å². The first-order valence-electron chi connectivity index (χ1n) is 5.26. The summed E-state index contributed by atoms with van der Waals surface area (Å²) < 4.78 is 13.6. The van der Waals surface area contributed by atoms with Crippen LogP contribution < -0.4 is 4.90 Å². The molecular weight excluding hydrogens is 225 g/mol. The fraction of sp³-hybridized carbons (Fsp3) is 0.333. The van der Waals surface area contributed by atoms with Gasteiger partial charge in [-0.2, -0.15) is 0 Å². The fourth-order valence-corrected chi connectivity index (χ4v) is 1.67. The lowest BCUT2D eigenvalue weighted by molar-refractivity contribution is -0.140. The summed E-state index contributed by atoms with van der Waals surface area (Å²) in [5, 5.41) is 9.03. The van der Waals surface area contributed by atoms with Gasteiger partial charge in [-0.1, -0.05) is 19.1 Å². The molecule has 0 aliphatic rings. The van der Waals surface area contributed by atoms with E-state index in [0.29, 0.717) is 0 Å². The van der Waals surface area contributed by atoms with E-state index in [1.807, 2.05) is 0 Å². The third-order valence-electron chi connectivity index (χ3n) is 2.43. The van der Waals surface area contributed by atoms with E-state index < -0.39 is 23.7 Å². The predicted octanol–water partition coefficient (Wildman–Crippen LogP) is 2.04. The van der Waals surface area contributed by atoms with E-state index in [9.17, 15) is 14.0 Å². The zero-order chi connectivity index (χ0) is 13.0. The summed E-state index contributed by atoms with van der Waals surface area (Å²) in [5.41, 5.74) is -0.00532. The lowest BCUT2D eigenvalue weighted by Crippen LogP contribution is -2.44. The first kappa shape index (κ1) is 13.2. The van der Waals surface area contributed by atoms with Crippen LogP contribution in [0.1, 0.15) is 20.3 Å². The molecule has 0 fully saturated rings. The van der Waals surface area contributed by atoms with Crippen molar-refractivity contribution in [3.63, 3.8) is 0 Å². The van der Waals surface area contributed by atoms with Crippen LogP contribution in [0.25, 0.3) is 0 Å². The Labute approximate surface area is 98.7 Å². The van der Waals surface area contributed by atoms with Crippen molar-refractivity contribution in [1.29, 1.82) is 0 Å². The molecule has 0 bridgehead atoms. The number of anilines is 1. The van der Waals surface area contributed by atoms with E-state index in [1.165, 1.54) is 25.1 Å². The van der Waals surface area contributed by atoms with Gasteiger partial charge in [-0.15, -0.1) is 0 Å². The lowest BCUT2D eigenvalue weighted by Gasteiger charge is -2.27. The molecular formula is C12H14FNO3. The van der Waals surface area contributed by atoms with Crippen molar-refractivity contribution >= 4 is 17.6 Å². The van der Waals surface area contributed by atoms with Gasteiger partial charge >= 0.3 is 5.97 Å². The number of hydrogen-bond acceptors (Lipinski definition) is 2. The fourth-order valence-electron chi connectivity index (χ4n) is 1.67. The number of carboxylic acids is 1. The molecule has 0 heterocycles. The van der Waals surface area contributed by atoms with Crippen LogP contribution in [0.4, 0.5) is 10.1 Å². The molecule has 1 aromatic rings. The van der Waals surface area contributed by atoms with Crippen LogP contribution in [0.3, 0.4) is 0 Å².